The van der Waals surface area contributed by atoms with Gasteiger partial charge in [-0.05, 0) is 36.8 Å². The summed E-state index contributed by atoms with van der Waals surface area (Å²) in [4.78, 5) is 77.0. The Hall–Kier alpha value is -3.81. The van der Waals surface area contributed by atoms with Crippen LogP contribution in [-0.4, -0.2) is 82.2 Å². The number of Topliss-reactive ketones (excluding diaryl/α,β-unsaturated/α-hetero) is 2. The number of carboxylic acid groups (broad SMARTS) is 1. The standard InChI is InChI=1S/C26H33F3N4O7/c1-13(2)18(30)23(39)33-11-5-10-25(33,24(40)32-19(14(3)4)21(37)26(27,28)29)20(36)15-6-8-16(9-7-15)22(38)31-12-17(34)35/h6-9,13-14,18-19H,5,10-12,30H2,1-4H3,(H,31,38)(H,32,40)(H,34,35)/t18-,19?,25+/m0/s1. The monoisotopic (exact) mass is 570 g/mol. The number of ketones is 2. The van der Waals surface area contributed by atoms with E-state index in [9.17, 15) is 41.9 Å². The van der Waals surface area contributed by atoms with Crippen molar-refractivity contribution in [2.24, 2.45) is 17.6 Å². The lowest BCUT2D eigenvalue weighted by Gasteiger charge is -2.39. The first-order valence-corrected chi connectivity index (χ1v) is 12.6. The van der Waals surface area contributed by atoms with Gasteiger partial charge in [0.2, 0.25) is 5.91 Å². The molecule has 5 N–H and O–H groups in total. The minimum atomic E-state index is -5.26. The van der Waals surface area contributed by atoms with Gasteiger partial charge in [0, 0.05) is 17.7 Å². The first kappa shape index (κ1) is 32.4. The van der Waals surface area contributed by atoms with E-state index in [2.05, 4.69) is 10.6 Å². The molecule has 3 atom stereocenters. The van der Waals surface area contributed by atoms with Gasteiger partial charge < -0.3 is 26.4 Å². The number of hydrogen-bond donors (Lipinski definition) is 4. The van der Waals surface area contributed by atoms with Crippen molar-refractivity contribution in [2.75, 3.05) is 13.1 Å². The summed E-state index contributed by atoms with van der Waals surface area (Å²) >= 11 is 0. The van der Waals surface area contributed by atoms with Gasteiger partial charge in [-0.2, -0.15) is 13.2 Å². The van der Waals surface area contributed by atoms with Gasteiger partial charge in [0.1, 0.15) is 6.54 Å². The zero-order valence-corrected chi connectivity index (χ0v) is 22.5. The number of nitrogens with two attached hydrogens (primary N) is 1. The van der Waals surface area contributed by atoms with Crippen molar-refractivity contribution in [3.63, 3.8) is 0 Å². The quantitative estimate of drug-likeness (QED) is 0.227. The van der Waals surface area contributed by atoms with Crippen LogP contribution in [0.5, 0.6) is 0 Å². The lowest BCUT2D eigenvalue weighted by Crippen LogP contribution is -2.67. The third-order valence-corrected chi connectivity index (χ3v) is 6.73. The highest BCUT2D eigenvalue weighted by Crippen LogP contribution is 2.35. The molecule has 0 aromatic heterocycles. The van der Waals surface area contributed by atoms with E-state index in [1.54, 1.807) is 13.8 Å². The molecule has 11 nitrogen and oxygen atoms in total. The Balaban J connectivity index is 2.56. The van der Waals surface area contributed by atoms with Crippen LogP contribution in [0.2, 0.25) is 0 Å². The molecule has 1 aromatic carbocycles. The van der Waals surface area contributed by atoms with Crippen molar-refractivity contribution in [3.05, 3.63) is 35.4 Å². The third kappa shape index (κ3) is 6.84. The molecule has 40 heavy (non-hydrogen) atoms. The van der Waals surface area contributed by atoms with Gasteiger partial charge >= 0.3 is 12.1 Å². The van der Waals surface area contributed by atoms with Crippen LogP contribution >= 0.6 is 0 Å². The zero-order valence-electron chi connectivity index (χ0n) is 22.5. The Bertz CT molecular complexity index is 1170. The Kier molecular flexibility index (Phi) is 10.2. The summed E-state index contributed by atoms with van der Waals surface area (Å²) < 4.78 is 39.9. The van der Waals surface area contributed by atoms with Gasteiger partial charge in [-0.1, -0.05) is 39.8 Å². The van der Waals surface area contributed by atoms with Crippen LogP contribution in [0.25, 0.3) is 0 Å². The van der Waals surface area contributed by atoms with E-state index in [0.29, 0.717) is 0 Å². The molecule has 0 spiro atoms. The van der Waals surface area contributed by atoms with Crippen LogP contribution in [-0.2, 0) is 19.2 Å². The number of rotatable bonds is 11. The molecule has 0 bridgehead atoms. The normalized spacial score (nSPS) is 18.8. The van der Waals surface area contributed by atoms with Crippen molar-refractivity contribution in [1.82, 2.24) is 15.5 Å². The second-order valence-corrected chi connectivity index (χ2v) is 10.3. The summed E-state index contributed by atoms with van der Waals surface area (Å²) in [7, 11) is 0. The van der Waals surface area contributed by atoms with Crippen LogP contribution in [0.15, 0.2) is 24.3 Å². The van der Waals surface area contributed by atoms with E-state index < -0.39 is 77.4 Å². The zero-order chi connectivity index (χ0) is 30.6. The first-order chi connectivity index (χ1) is 18.4. The molecule has 1 unspecified atom stereocenters. The van der Waals surface area contributed by atoms with Crippen molar-refractivity contribution >= 4 is 35.3 Å². The van der Waals surface area contributed by atoms with Gasteiger partial charge in [-0.25, -0.2) is 0 Å². The lowest BCUT2D eigenvalue weighted by molar-refractivity contribution is -0.175. The molecular formula is C26H33F3N4O7. The maximum absolute atomic E-state index is 14.0. The van der Waals surface area contributed by atoms with Gasteiger partial charge in [0.25, 0.3) is 17.6 Å². The number of amides is 3. The van der Waals surface area contributed by atoms with Crippen LogP contribution in [0.3, 0.4) is 0 Å². The van der Waals surface area contributed by atoms with Crippen molar-refractivity contribution in [1.29, 1.82) is 0 Å². The fourth-order valence-corrected chi connectivity index (χ4v) is 4.40. The largest absolute Gasteiger partial charge is 0.480 e. The summed E-state index contributed by atoms with van der Waals surface area (Å²) in [6.07, 6.45) is -5.37. The van der Waals surface area contributed by atoms with Crippen LogP contribution in [0.1, 0.15) is 61.3 Å². The minimum absolute atomic E-state index is 0.00636. The highest BCUT2D eigenvalue weighted by Gasteiger charge is 2.57. The number of halogens is 3. The Labute approximate surface area is 228 Å². The van der Waals surface area contributed by atoms with Crippen LogP contribution in [0.4, 0.5) is 13.2 Å². The van der Waals surface area contributed by atoms with E-state index in [4.69, 9.17) is 10.8 Å². The van der Waals surface area contributed by atoms with Crippen LogP contribution in [0, 0.1) is 11.8 Å². The third-order valence-electron chi connectivity index (χ3n) is 6.73. The molecule has 14 heteroatoms. The molecule has 1 aromatic rings. The Morgan fingerprint density at radius 2 is 1.55 bits per heavy atom. The van der Waals surface area contributed by atoms with E-state index in [-0.39, 0.29) is 30.5 Å². The molecule has 1 aliphatic heterocycles. The maximum Gasteiger partial charge on any atom is 0.452 e. The van der Waals surface area contributed by atoms with Crippen LogP contribution < -0.4 is 16.4 Å². The molecule has 1 fully saturated rings. The number of carboxylic acids is 1. The number of aliphatic carboxylic acids is 1. The van der Waals surface area contributed by atoms with Gasteiger partial charge in [0.05, 0.1) is 12.1 Å². The molecule has 1 saturated heterocycles. The predicted molar refractivity (Wildman–Crippen MR) is 135 cm³/mol. The van der Waals surface area contributed by atoms with E-state index in [0.717, 1.165) is 4.90 Å². The Morgan fingerprint density at radius 3 is 2.02 bits per heavy atom. The molecule has 3 amide bonds. The van der Waals surface area contributed by atoms with Gasteiger partial charge in [-0.3, -0.25) is 28.8 Å². The van der Waals surface area contributed by atoms with E-state index in [1.165, 1.54) is 38.1 Å². The molecule has 2 rings (SSSR count). The second kappa shape index (κ2) is 12.6. The average molecular weight is 571 g/mol. The Morgan fingerprint density at radius 1 is 1.00 bits per heavy atom. The van der Waals surface area contributed by atoms with E-state index >= 15 is 0 Å². The number of nitrogens with zero attached hydrogens (tertiary/aromatic N) is 1. The number of carbonyl (C=O) groups is 6. The molecule has 0 radical (unpaired) electrons. The fraction of sp³-hybridized carbons (Fsp3) is 0.538. The molecule has 0 aliphatic carbocycles. The molecule has 1 aliphatic rings. The SMILES string of the molecule is CC(C)C(NC(=O)[C@]1(C(=O)c2ccc(C(=O)NCC(=O)O)cc2)CCCN1C(=O)[C@@H](N)C(C)C)C(=O)C(F)(F)F. The maximum atomic E-state index is 14.0. The van der Waals surface area contributed by atoms with Crippen molar-refractivity contribution in [3.8, 4) is 0 Å². The smallest absolute Gasteiger partial charge is 0.452 e. The average Bonchev–Trinajstić information content (AvgIpc) is 3.34. The van der Waals surface area contributed by atoms with Gasteiger partial charge in [-0.15, -0.1) is 0 Å². The summed E-state index contributed by atoms with van der Waals surface area (Å²) in [6.45, 7) is 5.14. The lowest BCUT2D eigenvalue weighted by atomic mass is 9.83. The molecule has 1 heterocycles. The second-order valence-electron chi connectivity index (χ2n) is 10.3. The fourth-order valence-electron chi connectivity index (χ4n) is 4.40. The highest BCUT2D eigenvalue weighted by molar-refractivity contribution is 6.20. The van der Waals surface area contributed by atoms with E-state index in [1.807, 2.05) is 0 Å². The van der Waals surface area contributed by atoms with Crippen molar-refractivity contribution < 1.29 is 47.0 Å². The number of likely N-dealkylation sites (tertiary alicyclic amines) is 1. The summed E-state index contributed by atoms with van der Waals surface area (Å²) in [5.41, 5.74) is 3.57. The topological polar surface area (TPSA) is 176 Å². The molecule has 220 valence electrons. The number of nitrogens with one attached hydrogen (secondary N) is 2. The molecular weight excluding hydrogens is 537 g/mol. The highest BCUT2D eigenvalue weighted by atomic mass is 19.4. The summed E-state index contributed by atoms with van der Waals surface area (Å²) in [5, 5.41) is 13.0. The number of hydrogen-bond acceptors (Lipinski definition) is 7. The predicted octanol–water partition coefficient (Wildman–Crippen LogP) is 1.30. The molecule has 0 saturated carbocycles. The number of carbonyl (C=O) groups excluding carboxylic acids is 5. The summed E-state index contributed by atoms with van der Waals surface area (Å²) in [6, 6.07) is 1.60. The van der Waals surface area contributed by atoms with Crippen molar-refractivity contribution in [2.45, 2.75) is 64.3 Å². The van der Waals surface area contributed by atoms with Gasteiger partial charge in [0.15, 0.2) is 11.3 Å². The summed E-state index contributed by atoms with van der Waals surface area (Å²) in [5.74, 6) is -8.58. The first-order valence-electron chi connectivity index (χ1n) is 12.6. The number of benzene rings is 1. The number of alkyl halides is 3. The minimum Gasteiger partial charge on any atom is -0.480 e.